The van der Waals surface area contributed by atoms with Crippen molar-refractivity contribution in [3.63, 3.8) is 0 Å². The first-order valence-corrected chi connectivity index (χ1v) is 19.3. The molecule has 1 amide bonds. The molecule has 2 atom stereocenters. The van der Waals surface area contributed by atoms with E-state index >= 15 is 0 Å². The normalized spacial score (nSPS) is 13.6. The largest absolute Gasteiger partial charge is 0.544 e. The number of hydrogen-bond acceptors (Lipinski definition) is 3. The Labute approximate surface area is 269 Å². The molecule has 0 saturated heterocycles. The third kappa shape index (κ3) is 25.9. The molecule has 0 aromatic heterocycles. The highest BCUT2D eigenvalue weighted by Crippen LogP contribution is 2.19. The third-order valence-electron chi connectivity index (χ3n) is 9.37. The van der Waals surface area contributed by atoms with Gasteiger partial charge in [-0.2, -0.15) is 0 Å². The molecule has 0 aromatic carbocycles. The molecule has 0 saturated carbocycles. The third-order valence-corrected chi connectivity index (χ3v) is 9.37. The highest BCUT2D eigenvalue weighted by molar-refractivity contribution is 5.75. The highest BCUT2D eigenvalue weighted by atomic mass is 16.4. The summed E-state index contributed by atoms with van der Waals surface area (Å²) in [6.07, 6.45) is 36.5. The van der Waals surface area contributed by atoms with Crippen LogP contribution in [0.2, 0.25) is 0 Å². The molecule has 5 nitrogen and oxygen atoms in total. The predicted molar refractivity (Wildman–Crippen MR) is 184 cm³/mol. The summed E-state index contributed by atoms with van der Waals surface area (Å²) in [6.45, 7) is 7.20. The molecular weight excluding hydrogens is 532 g/mol. The first-order chi connectivity index (χ1) is 20.9. The molecule has 0 radical (unpaired) electrons. The van der Waals surface area contributed by atoms with Crippen molar-refractivity contribution in [2.75, 3.05) is 13.6 Å². The van der Waals surface area contributed by atoms with Gasteiger partial charge in [0.15, 0.2) is 6.04 Å². The second kappa shape index (κ2) is 30.9. The van der Waals surface area contributed by atoms with Crippen LogP contribution >= 0.6 is 0 Å². The Kier molecular flexibility index (Phi) is 30.1. The lowest BCUT2D eigenvalue weighted by Gasteiger charge is -2.41. The average molecular weight is 609 g/mol. The summed E-state index contributed by atoms with van der Waals surface area (Å²) in [5.41, 5.74) is 3.10. The van der Waals surface area contributed by atoms with Gasteiger partial charge < -0.3 is 9.90 Å². The quantitative estimate of drug-likeness (QED) is 0.0449. The molecule has 0 rings (SSSR count). The van der Waals surface area contributed by atoms with E-state index < -0.39 is 12.0 Å². The maximum Gasteiger partial charge on any atom is 0.264 e. The second-order valence-corrected chi connectivity index (χ2v) is 13.7. The SMILES string of the molecule is CCCCCCCCCCCCCCCCCC(=O)N[N+](C)(CCC)C(CCCCCCCCCCCCCC)C(=O)[O-]. The highest BCUT2D eigenvalue weighted by Gasteiger charge is 2.35. The van der Waals surface area contributed by atoms with E-state index in [0.717, 1.165) is 32.1 Å². The first kappa shape index (κ1) is 41.9. The van der Waals surface area contributed by atoms with Crippen LogP contribution in [0.4, 0.5) is 0 Å². The number of amides is 1. The fourth-order valence-electron chi connectivity index (χ4n) is 6.57. The van der Waals surface area contributed by atoms with Crippen molar-refractivity contribution < 1.29 is 19.3 Å². The van der Waals surface area contributed by atoms with Crippen LogP contribution in [0.25, 0.3) is 0 Å². The lowest BCUT2D eigenvalue weighted by atomic mass is 10.0. The number of likely N-dealkylation sites (N-methyl/N-ethyl adjacent to an activating group) is 1. The fraction of sp³-hybridized carbons (Fsp3) is 0.947. The Hall–Kier alpha value is -1.10. The zero-order valence-corrected chi connectivity index (χ0v) is 29.7. The van der Waals surface area contributed by atoms with Gasteiger partial charge in [-0.3, -0.25) is 4.79 Å². The lowest BCUT2D eigenvalue weighted by molar-refractivity contribution is -0.960. The molecule has 0 fully saturated rings. The summed E-state index contributed by atoms with van der Waals surface area (Å²) >= 11 is 0. The number of unbranched alkanes of at least 4 members (excludes halogenated alkanes) is 25. The van der Waals surface area contributed by atoms with Crippen LogP contribution in [0.1, 0.15) is 213 Å². The van der Waals surface area contributed by atoms with Crippen molar-refractivity contribution in [3.05, 3.63) is 0 Å². The zero-order chi connectivity index (χ0) is 31.9. The van der Waals surface area contributed by atoms with Crippen LogP contribution < -0.4 is 10.5 Å². The Bertz CT molecular complexity index is 626. The van der Waals surface area contributed by atoms with Crippen LogP contribution in [0.15, 0.2) is 0 Å². The lowest BCUT2D eigenvalue weighted by Crippen LogP contribution is -2.67. The first-order valence-electron chi connectivity index (χ1n) is 19.3. The van der Waals surface area contributed by atoms with Gasteiger partial charge in [0.25, 0.3) is 5.91 Å². The Morgan fingerprint density at radius 1 is 0.512 bits per heavy atom. The van der Waals surface area contributed by atoms with Gasteiger partial charge >= 0.3 is 0 Å². The molecule has 0 aliphatic heterocycles. The molecule has 0 heterocycles. The van der Waals surface area contributed by atoms with Crippen molar-refractivity contribution in [1.29, 1.82) is 0 Å². The maximum absolute atomic E-state index is 12.8. The van der Waals surface area contributed by atoms with Crippen LogP contribution in [0.5, 0.6) is 0 Å². The van der Waals surface area contributed by atoms with Gasteiger partial charge in [-0.05, 0) is 19.3 Å². The van der Waals surface area contributed by atoms with E-state index in [-0.39, 0.29) is 10.5 Å². The molecule has 2 unspecified atom stereocenters. The van der Waals surface area contributed by atoms with Crippen molar-refractivity contribution >= 4 is 11.9 Å². The number of carbonyl (C=O) groups excluding carboxylic acids is 2. The fourth-order valence-corrected chi connectivity index (χ4v) is 6.57. The number of aliphatic carboxylic acids is 1. The number of nitrogens with one attached hydrogen (secondary N) is 1. The van der Waals surface area contributed by atoms with Gasteiger partial charge in [-0.25, -0.2) is 10.0 Å². The van der Waals surface area contributed by atoms with E-state index in [2.05, 4.69) is 19.3 Å². The van der Waals surface area contributed by atoms with E-state index in [9.17, 15) is 14.7 Å². The molecule has 0 aromatic rings. The molecule has 256 valence electrons. The molecule has 0 aliphatic rings. The molecule has 0 aliphatic carbocycles. The molecular formula is C38H76N2O3. The number of carboxylic acid groups (broad SMARTS) is 1. The number of carboxylic acids is 1. The predicted octanol–water partition coefficient (Wildman–Crippen LogP) is 10.3. The molecule has 0 bridgehead atoms. The van der Waals surface area contributed by atoms with E-state index in [4.69, 9.17) is 0 Å². The summed E-state index contributed by atoms with van der Waals surface area (Å²) in [5.74, 6) is -1.06. The monoisotopic (exact) mass is 609 g/mol. The van der Waals surface area contributed by atoms with Crippen LogP contribution in [-0.4, -0.2) is 36.1 Å². The minimum atomic E-state index is -1.04. The van der Waals surface area contributed by atoms with E-state index in [1.807, 2.05) is 14.0 Å². The average Bonchev–Trinajstić information content (AvgIpc) is 2.97. The minimum absolute atomic E-state index is 0.0217. The topological polar surface area (TPSA) is 69.2 Å². The van der Waals surface area contributed by atoms with Gasteiger partial charge in [-0.1, -0.05) is 181 Å². The van der Waals surface area contributed by atoms with Gasteiger partial charge in [0.1, 0.15) is 12.5 Å². The van der Waals surface area contributed by atoms with E-state index in [0.29, 0.717) is 19.4 Å². The molecule has 5 heteroatoms. The minimum Gasteiger partial charge on any atom is -0.544 e. The summed E-state index contributed by atoms with van der Waals surface area (Å²) in [7, 11) is 1.87. The molecule has 0 spiro atoms. The van der Waals surface area contributed by atoms with Gasteiger partial charge in [0.05, 0.1) is 7.05 Å². The molecule has 43 heavy (non-hydrogen) atoms. The zero-order valence-electron chi connectivity index (χ0n) is 29.7. The number of nitrogens with zero attached hydrogens (tertiary/aromatic N) is 1. The number of carbonyl (C=O) groups is 2. The number of rotatable bonds is 34. The van der Waals surface area contributed by atoms with Crippen LogP contribution in [0.3, 0.4) is 0 Å². The van der Waals surface area contributed by atoms with Crippen molar-refractivity contribution in [1.82, 2.24) is 5.43 Å². The summed E-state index contributed by atoms with van der Waals surface area (Å²) in [5, 5.41) is 12.2. The molecule has 1 N–H and O–H groups in total. The summed E-state index contributed by atoms with van der Waals surface area (Å²) in [6, 6.07) is -0.687. The smallest absolute Gasteiger partial charge is 0.264 e. The Balaban J connectivity index is 4.05. The van der Waals surface area contributed by atoms with E-state index in [1.165, 1.54) is 148 Å². The van der Waals surface area contributed by atoms with Gasteiger partial charge in [0.2, 0.25) is 0 Å². The van der Waals surface area contributed by atoms with Gasteiger partial charge in [0, 0.05) is 12.8 Å². The van der Waals surface area contributed by atoms with Crippen LogP contribution in [0, 0.1) is 0 Å². The van der Waals surface area contributed by atoms with Crippen molar-refractivity contribution in [2.45, 2.75) is 219 Å². The van der Waals surface area contributed by atoms with Crippen molar-refractivity contribution in [3.8, 4) is 0 Å². The maximum atomic E-state index is 12.8. The second-order valence-electron chi connectivity index (χ2n) is 13.7. The Morgan fingerprint density at radius 3 is 1.16 bits per heavy atom. The van der Waals surface area contributed by atoms with E-state index in [1.54, 1.807) is 0 Å². The van der Waals surface area contributed by atoms with Crippen LogP contribution in [-0.2, 0) is 9.59 Å². The summed E-state index contributed by atoms with van der Waals surface area (Å²) < 4.78 is 0.0639. The Morgan fingerprint density at radius 2 is 0.837 bits per heavy atom. The summed E-state index contributed by atoms with van der Waals surface area (Å²) in [4.78, 5) is 25.0. The van der Waals surface area contributed by atoms with Crippen molar-refractivity contribution in [2.24, 2.45) is 0 Å². The van der Waals surface area contributed by atoms with Gasteiger partial charge in [-0.15, -0.1) is 0 Å². The number of hydrogen-bond donors (Lipinski definition) is 1. The number of quaternary nitrogens is 1. The standard InChI is InChI=1S/C38H76N2O3/c1-5-8-10-12-14-16-18-20-21-22-24-26-28-30-32-34-37(41)39-40(4,35-7-3)36(38(42)43)33-31-29-27-25-23-19-17-15-13-11-9-6-2/h36H,5-35H2,1-4H3,(H-,39,41,42,43).